The average Bonchev–Trinajstić information content (AvgIpc) is 2.60. The first kappa shape index (κ1) is 17.0. The number of hydrogen-bond acceptors (Lipinski definition) is 3. The second-order valence-corrected chi connectivity index (χ2v) is 5.22. The Bertz CT molecular complexity index is 583. The molecule has 120 valence electrons. The van der Waals surface area contributed by atoms with Crippen LogP contribution in [-0.2, 0) is 9.53 Å². The summed E-state index contributed by atoms with van der Waals surface area (Å²) >= 11 is 0. The summed E-state index contributed by atoms with van der Waals surface area (Å²) in [6.45, 7) is 2.19. The quantitative estimate of drug-likeness (QED) is 0.628. The van der Waals surface area contributed by atoms with Gasteiger partial charge in [0.1, 0.15) is 0 Å². The van der Waals surface area contributed by atoms with E-state index in [1.54, 1.807) is 6.92 Å². The third kappa shape index (κ3) is 4.80. The monoisotopic (exact) mass is 309 g/mol. The van der Waals surface area contributed by atoms with E-state index in [9.17, 15) is 4.79 Å². The largest absolute Gasteiger partial charge is 0.463 e. The highest BCUT2D eigenvalue weighted by atomic mass is 16.5. The molecule has 0 radical (unpaired) electrons. The molecule has 23 heavy (non-hydrogen) atoms. The van der Waals surface area contributed by atoms with Gasteiger partial charge in [0.2, 0.25) is 0 Å². The molecule has 0 saturated heterocycles. The minimum atomic E-state index is -0.312. The molecule has 0 heterocycles. The van der Waals surface area contributed by atoms with Gasteiger partial charge in [-0.05, 0) is 25.1 Å². The molecule has 0 aromatic heterocycles. The number of benzene rings is 2. The maximum atomic E-state index is 11.6. The van der Waals surface area contributed by atoms with E-state index in [2.05, 4.69) is 29.6 Å². The van der Waals surface area contributed by atoms with Crippen molar-refractivity contribution in [1.82, 2.24) is 5.32 Å². The number of nitrogens with one attached hydrogen (secondary N) is 1. The van der Waals surface area contributed by atoms with Crippen molar-refractivity contribution >= 4 is 5.97 Å². The van der Waals surface area contributed by atoms with Crippen molar-refractivity contribution in [2.24, 2.45) is 0 Å². The fraction of sp³-hybridized carbons (Fsp3) is 0.250. The van der Waals surface area contributed by atoms with Crippen LogP contribution in [0.25, 0.3) is 0 Å². The summed E-state index contributed by atoms with van der Waals surface area (Å²) < 4.78 is 4.97. The molecule has 2 aromatic carbocycles. The highest BCUT2D eigenvalue weighted by Gasteiger charge is 2.21. The van der Waals surface area contributed by atoms with Crippen molar-refractivity contribution in [3.63, 3.8) is 0 Å². The Morgan fingerprint density at radius 2 is 1.57 bits per heavy atom. The van der Waals surface area contributed by atoms with Crippen LogP contribution in [0.15, 0.2) is 72.8 Å². The van der Waals surface area contributed by atoms with Crippen molar-refractivity contribution in [2.45, 2.75) is 18.9 Å². The number of hydrogen-bond donors (Lipinski definition) is 1. The fourth-order valence-corrected chi connectivity index (χ4v) is 2.67. The van der Waals surface area contributed by atoms with Gasteiger partial charge in [0.05, 0.1) is 6.61 Å². The van der Waals surface area contributed by atoms with Crippen LogP contribution in [0.1, 0.15) is 24.0 Å². The molecule has 0 bridgehead atoms. The van der Waals surface area contributed by atoms with Crippen LogP contribution in [-0.4, -0.2) is 25.7 Å². The van der Waals surface area contributed by atoms with Crippen LogP contribution >= 0.6 is 0 Å². The van der Waals surface area contributed by atoms with E-state index in [1.807, 2.05) is 49.5 Å². The van der Waals surface area contributed by atoms with Crippen LogP contribution in [0, 0.1) is 0 Å². The first-order chi connectivity index (χ1) is 11.3. The molecule has 0 fully saturated rings. The number of likely N-dealkylation sites (N-methyl/N-ethyl adjacent to an activating group) is 1. The lowest BCUT2D eigenvalue weighted by Crippen LogP contribution is -2.31. The molecule has 0 spiro atoms. The molecule has 2 rings (SSSR count). The summed E-state index contributed by atoms with van der Waals surface area (Å²) in [6.07, 6.45) is 3.38. The SMILES string of the molecule is CCOC(=O)/C=C/C(NC)C(c1ccccc1)c1ccccc1. The highest BCUT2D eigenvalue weighted by Crippen LogP contribution is 2.28. The lowest BCUT2D eigenvalue weighted by molar-refractivity contribution is -0.137. The Kier molecular flexibility index (Phi) is 6.57. The van der Waals surface area contributed by atoms with E-state index < -0.39 is 0 Å². The molecule has 3 heteroatoms. The van der Waals surface area contributed by atoms with Crippen LogP contribution in [0.2, 0.25) is 0 Å². The lowest BCUT2D eigenvalue weighted by atomic mass is 9.85. The molecule has 1 unspecified atom stereocenters. The van der Waals surface area contributed by atoms with E-state index in [-0.39, 0.29) is 17.9 Å². The Balaban J connectivity index is 2.34. The van der Waals surface area contributed by atoms with E-state index in [4.69, 9.17) is 4.74 Å². The smallest absolute Gasteiger partial charge is 0.330 e. The number of carbonyl (C=O) groups excluding carboxylic acids is 1. The van der Waals surface area contributed by atoms with Gasteiger partial charge in [-0.25, -0.2) is 4.79 Å². The molecular formula is C20H23NO2. The zero-order valence-electron chi connectivity index (χ0n) is 13.6. The van der Waals surface area contributed by atoms with Gasteiger partial charge in [0.15, 0.2) is 0 Å². The zero-order chi connectivity index (χ0) is 16.5. The van der Waals surface area contributed by atoms with Crippen molar-refractivity contribution in [1.29, 1.82) is 0 Å². The van der Waals surface area contributed by atoms with Gasteiger partial charge < -0.3 is 10.1 Å². The molecule has 1 atom stereocenters. The van der Waals surface area contributed by atoms with Gasteiger partial charge in [-0.2, -0.15) is 0 Å². The normalized spacial score (nSPS) is 12.5. The standard InChI is InChI=1S/C20H23NO2/c1-3-23-19(22)15-14-18(21-2)20(16-10-6-4-7-11-16)17-12-8-5-9-13-17/h4-15,18,20-21H,3H2,1-2H3/b15-14+. The maximum absolute atomic E-state index is 11.6. The molecule has 3 nitrogen and oxygen atoms in total. The second-order valence-electron chi connectivity index (χ2n) is 5.22. The zero-order valence-corrected chi connectivity index (χ0v) is 13.6. The minimum absolute atomic E-state index is 0.00999. The summed E-state index contributed by atoms with van der Waals surface area (Å²) in [5.74, 6) is -0.194. The maximum Gasteiger partial charge on any atom is 0.330 e. The molecule has 0 amide bonds. The number of carbonyl (C=O) groups is 1. The summed E-state index contributed by atoms with van der Waals surface area (Å²) in [5.41, 5.74) is 2.40. The lowest BCUT2D eigenvalue weighted by Gasteiger charge is -2.25. The first-order valence-corrected chi connectivity index (χ1v) is 7.88. The first-order valence-electron chi connectivity index (χ1n) is 7.88. The van der Waals surface area contributed by atoms with Gasteiger partial charge in [0.25, 0.3) is 0 Å². The topological polar surface area (TPSA) is 38.3 Å². The van der Waals surface area contributed by atoms with E-state index in [0.717, 1.165) is 0 Å². The van der Waals surface area contributed by atoms with Crippen molar-refractivity contribution in [3.05, 3.63) is 83.9 Å². The third-order valence-corrected chi connectivity index (χ3v) is 3.74. The summed E-state index contributed by atoms with van der Waals surface area (Å²) in [4.78, 5) is 11.6. The molecule has 1 N–H and O–H groups in total. The van der Waals surface area contributed by atoms with E-state index in [0.29, 0.717) is 6.61 Å². The van der Waals surface area contributed by atoms with Gasteiger partial charge in [-0.3, -0.25) is 0 Å². The van der Waals surface area contributed by atoms with Crippen LogP contribution in [0.4, 0.5) is 0 Å². The number of esters is 1. The molecule has 2 aromatic rings. The Hall–Kier alpha value is -2.39. The van der Waals surface area contributed by atoms with E-state index >= 15 is 0 Å². The summed E-state index contributed by atoms with van der Waals surface area (Å²) in [7, 11) is 1.90. The second kappa shape index (κ2) is 8.91. The van der Waals surface area contributed by atoms with Gasteiger partial charge in [-0.1, -0.05) is 66.7 Å². The van der Waals surface area contributed by atoms with Gasteiger partial charge in [-0.15, -0.1) is 0 Å². The van der Waals surface area contributed by atoms with Crippen LogP contribution in [0.3, 0.4) is 0 Å². The van der Waals surface area contributed by atoms with Crippen molar-refractivity contribution < 1.29 is 9.53 Å². The van der Waals surface area contributed by atoms with Gasteiger partial charge >= 0.3 is 5.97 Å². The predicted octanol–water partition coefficient (Wildman–Crippen LogP) is 3.53. The Labute approximate surface area is 138 Å². The predicted molar refractivity (Wildman–Crippen MR) is 93.3 cm³/mol. The van der Waals surface area contributed by atoms with Crippen molar-refractivity contribution in [2.75, 3.05) is 13.7 Å². The Morgan fingerprint density at radius 1 is 1.04 bits per heavy atom. The summed E-state index contributed by atoms with van der Waals surface area (Å²) in [6, 6.07) is 20.6. The molecule has 0 saturated carbocycles. The average molecular weight is 309 g/mol. The van der Waals surface area contributed by atoms with E-state index in [1.165, 1.54) is 17.2 Å². The number of rotatable bonds is 7. The third-order valence-electron chi connectivity index (χ3n) is 3.74. The molecule has 0 aliphatic carbocycles. The van der Waals surface area contributed by atoms with Crippen LogP contribution in [0.5, 0.6) is 0 Å². The summed E-state index contributed by atoms with van der Waals surface area (Å²) in [5, 5.41) is 3.30. The highest BCUT2D eigenvalue weighted by molar-refractivity contribution is 5.82. The molecular weight excluding hydrogens is 286 g/mol. The molecule has 0 aliphatic heterocycles. The van der Waals surface area contributed by atoms with Gasteiger partial charge in [0, 0.05) is 18.0 Å². The Morgan fingerprint density at radius 3 is 2.00 bits per heavy atom. The fourth-order valence-electron chi connectivity index (χ4n) is 2.67. The number of ether oxygens (including phenoxy) is 1. The molecule has 0 aliphatic rings. The minimum Gasteiger partial charge on any atom is -0.463 e. The van der Waals surface area contributed by atoms with Crippen molar-refractivity contribution in [3.8, 4) is 0 Å². The van der Waals surface area contributed by atoms with Crippen LogP contribution < -0.4 is 5.32 Å².